The van der Waals surface area contributed by atoms with E-state index in [1.165, 1.54) is 0 Å². The average Bonchev–Trinajstić information content (AvgIpc) is 2.73. The van der Waals surface area contributed by atoms with E-state index >= 15 is 0 Å². The monoisotopic (exact) mass is 259 g/mol. The van der Waals surface area contributed by atoms with Crippen LogP contribution in [-0.2, 0) is 6.18 Å². The normalized spacial score (nSPS) is 15.7. The van der Waals surface area contributed by atoms with E-state index in [9.17, 15) is 13.2 Å². The van der Waals surface area contributed by atoms with Crippen LogP contribution in [0.1, 0.15) is 5.69 Å². The maximum absolute atomic E-state index is 11.5. The van der Waals surface area contributed by atoms with Crippen LogP contribution in [0.2, 0.25) is 0 Å². The first kappa shape index (κ1) is 15.1. The van der Waals surface area contributed by atoms with Crippen LogP contribution in [0.25, 0.3) is 0 Å². The summed E-state index contributed by atoms with van der Waals surface area (Å²) in [7, 11) is 0. The lowest BCUT2D eigenvalue weighted by atomic mass is 10.4. The number of H-pyrrole nitrogens is 1. The van der Waals surface area contributed by atoms with Crippen molar-refractivity contribution in [1.82, 2.24) is 26.0 Å². The summed E-state index contributed by atoms with van der Waals surface area (Å²) >= 11 is 0. The molecule has 1 saturated heterocycles. The van der Waals surface area contributed by atoms with Gasteiger partial charge in [-0.1, -0.05) is 0 Å². The van der Waals surface area contributed by atoms with Crippen LogP contribution >= 0.6 is 12.4 Å². The molecule has 0 spiro atoms. The smallest absolute Gasteiger partial charge is 0.314 e. The van der Waals surface area contributed by atoms with E-state index in [1.54, 1.807) is 0 Å². The van der Waals surface area contributed by atoms with Crippen LogP contribution in [0.5, 0.6) is 0 Å². The van der Waals surface area contributed by atoms with Crippen LogP contribution in [0.3, 0.4) is 0 Å². The zero-order valence-electron chi connectivity index (χ0n) is 8.34. The number of rotatable bonds is 0. The second kappa shape index (κ2) is 7.42. The Balaban J connectivity index is 0.000000283. The van der Waals surface area contributed by atoms with Crippen LogP contribution in [0.4, 0.5) is 13.2 Å². The minimum absolute atomic E-state index is 0. The number of hydrogen-bond acceptors (Lipinski definition) is 4. The van der Waals surface area contributed by atoms with E-state index in [2.05, 4.69) is 20.8 Å². The molecule has 94 valence electrons. The molecule has 0 bridgehead atoms. The third-order valence-electron chi connectivity index (χ3n) is 1.66. The van der Waals surface area contributed by atoms with Gasteiger partial charge in [-0.2, -0.15) is 28.6 Å². The lowest BCUT2D eigenvalue weighted by Gasteiger charge is -2.11. The van der Waals surface area contributed by atoms with Gasteiger partial charge in [-0.25, -0.2) is 0 Å². The maximum atomic E-state index is 11.5. The van der Waals surface area contributed by atoms with Crippen molar-refractivity contribution < 1.29 is 13.2 Å². The minimum atomic E-state index is -4.38. The van der Waals surface area contributed by atoms with Crippen molar-refractivity contribution in [1.29, 1.82) is 0 Å². The summed E-state index contributed by atoms with van der Waals surface area (Å²) in [6.45, 7) is 4.56. The second-order valence-corrected chi connectivity index (χ2v) is 2.85. The number of piperazine rings is 1. The van der Waals surface area contributed by atoms with E-state index < -0.39 is 11.9 Å². The van der Waals surface area contributed by atoms with E-state index in [0.717, 1.165) is 26.2 Å². The molecule has 0 unspecified atom stereocenters. The summed E-state index contributed by atoms with van der Waals surface area (Å²) in [6.07, 6.45) is -3.76. The van der Waals surface area contributed by atoms with Gasteiger partial charge < -0.3 is 10.6 Å². The molecule has 0 saturated carbocycles. The molecular weight excluding hydrogens is 247 g/mol. The quantitative estimate of drug-likeness (QED) is 0.632. The van der Waals surface area contributed by atoms with Gasteiger partial charge in [0.15, 0.2) is 5.69 Å². The van der Waals surface area contributed by atoms with Gasteiger partial charge in [0.05, 0.1) is 6.20 Å². The molecule has 1 fully saturated rings. The molecule has 0 radical (unpaired) electrons. The average molecular weight is 260 g/mol. The Bertz CT molecular complexity index is 248. The maximum Gasteiger partial charge on any atom is 0.436 e. The zero-order valence-corrected chi connectivity index (χ0v) is 9.16. The van der Waals surface area contributed by atoms with E-state index in [1.807, 2.05) is 5.21 Å². The summed E-state index contributed by atoms with van der Waals surface area (Å²) in [5.74, 6) is 0. The van der Waals surface area contributed by atoms with Crippen LogP contribution < -0.4 is 10.6 Å². The molecule has 0 aliphatic carbocycles. The SMILES string of the molecule is C1CNCCN1.Cl.FC(F)(F)c1cn[nH]n1. The highest BCUT2D eigenvalue weighted by Crippen LogP contribution is 2.25. The van der Waals surface area contributed by atoms with Crippen molar-refractivity contribution in [2.24, 2.45) is 0 Å². The Kier molecular flexibility index (Phi) is 7.02. The Labute approximate surface area is 96.6 Å². The Hall–Kier alpha value is -0.860. The molecule has 1 aromatic heterocycles. The minimum Gasteiger partial charge on any atom is -0.314 e. The van der Waals surface area contributed by atoms with Gasteiger partial charge in [0.1, 0.15) is 0 Å². The number of alkyl halides is 3. The Morgan fingerprint density at radius 2 is 1.56 bits per heavy atom. The summed E-state index contributed by atoms with van der Waals surface area (Å²) in [4.78, 5) is 0. The standard InChI is InChI=1S/C4H10N2.C3H2F3N3.ClH/c1-2-6-4-3-5-1;4-3(5,6)2-1-7-9-8-2;/h5-6H,1-4H2;1H,(H,7,8,9);1H. The van der Waals surface area contributed by atoms with Crippen LogP contribution in [0.15, 0.2) is 6.20 Å². The molecule has 0 aromatic carbocycles. The molecule has 2 rings (SSSR count). The van der Waals surface area contributed by atoms with Crippen LogP contribution in [0, 0.1) is 0 Å². The summed E-state index contributed by atoms with van der Waals surface area (Å²) < 4.78 is 34.5. The summed E-state index contributed by atoms with van der Waals surface area (Å²) in [5, 5.41) is 14.1. The van der Waals surface area contributed by atoms with Gasteiger partial charge in [0.2, 0.25) is 0 Å². The molecule has 5 nitrogen and oxygen atoms in total. The number of nitrogens with one attached hydrogen (secondary N) is 3. The predicted molar refractivity (Wildman–Crippen MR) is 54.4 cm³/mol. The predicted octanol–water partition coefficient (Wildman–Crippen LogP) is 0.424. The van der Waals surface area contributed by atoms with Gasteiger partial charge in [-0.3, -0.25) is 0 Å². The highest BCUT2D eigenvalue weighted by atomic mass is 35.5. The first-order valence-corrected chi connectivity index (χ1v) is 4.45. The van der Waals surface area contributed by atoms with Crippen molar-refractivity contribution in [2.75, 3.05) is 26.2 Å². The van der Waals surface area contributed by atoms with E-state index in [0.29, 0.717) is 6.20 Å². The van der Waals surface area contributed by atoms with Gasteiger partial charge >= 0.3 is 6.18 Å². The van der Waals surface area contributed by atoms with Crippen molar-refractivity contribution in [3.05, 3.63) is 11.9 Å². The summed E-state index contributed by atoms with van der Waals surface area (Å²) in [6, 6.07) is 0. The lowest BCUT2D eigenvalue weighted by Crippen LogP contribution is -2.39. The van der Waals surface area contributed by atoms with E-state index in [4.69, 9.17) is 0 Å². The van der Waals surface area contributed by atoms with Crippen molar-refractivity contribution in [3.8, 4) is 0 Å². The van der Waals surface area contributed by atoms with Gasteiger partial charge in [0, 0.05) is 26.2 Å². The molecule has 3 N–H and O–H groups in total. The van der Waals surface area contributed by atoms with Crippen LogP contribution in [-0.4, -0.2) is 41.6 Å². The van der Waals surface area contributed by atoms with Crippen molar-refractivity contribution in [3.63, 3.8) is 0 Å². The third kappa shape index (κ3) is 5.89. The fraction of sp³-hybridized carbons (Fsp3) is 0.714. The highest BCUT2D eigenvalue weighted by Gasteiger charge is 2.33. The molecule has 1 aliphatic rings. The van der Waals surface area contributed by atoms with Crippen molar-refractivity contribution in [2.45, 2.75) is 6.18 Å². The van der Waals surface area contributed by atoms with Gasteiger partial charge in [0.25, 0.3) is 0 Å². The van der Waals surface area contributed by atoms with Gasteiger partial charge in [-0.15, -0.1) is 12.4 Å². The lowest BCUT2D eigenvalue weighted by molar-refractivity contribution is -0.141. The summed E-state index contributed by atoms with van der Waals surface area (Å²) in [5.41, 5.74) is -0.998. The molecule has 1 aromatic rings. The molecule has 0 atom stereocenters. The van der Waals surface area contributed by atoms with Crippen molar-refractivity contribution >= 4 is 12.4 Å². The number of hydrogen-bond donors (Lipinski definition) is 3. The molecule has 9 heteroatoms. The Morgan fingerprint density at radius 3 is 1.75 bits per heavy atom. The highest BCUT2D eigenvalue weighted by molar-refractivity contribution is 5.85. The topological polar surface area (TPSA) is 65.6 Å². The van der Waals surface area contributed by atoms with Gasteiger partial charge in [-0.05, 0) is 0 Å². The first-order valence-electron chi connectivity index (χ1n) is 4.45. The molecule has 1 aliphatic heterocycles. The number of nitrogens with zero attached hydrogens (tertiary/aromatic N) is 2. The van der Waals surface area contributed by atoms with E-state index in [-0.39, 0.29) is 12.4 Å². The molecule has 0 amide bonds. The fourth-order valence-corrected chi connectivity index (χ4v) is 0.942. The second-order valence-electron chi connectivity index (χ2n) is 2.85. The number of aromatic amines is 1. The number of halogens is 4. The third-order valence-corrected chi connectivity index (χ3v) is 1.66. The zero-order chi connectivity index (χ0) is 11.1. The molecule has 16 heavy (non-hydrogen) atoms. The fourth-order valence-electron chi connectivity index (χ4n) is 0.942. The number of aromatic nitrogens is 3. The molecular formula is C7H13ClF3N5. The largest absolute Gasteiger partial charge is 0.436 e. The Morgan fingerprint density at radius 1 is 1.06 bits per heavy atom. The molecule has 2 heterocycles. The first-order chi connectivity index (χ1) is 7.11.